The maximum atomic E-state index is 14.2. The monoisotopic (exact) mass is 325 g/mol. The van der Waals surface area contributed by atoms with Crippen LogP contribution in [0.15, 0.2) is 30.6 Å². The van der Waals surface area contributed by atoms with Gasteiger partial charge in [0, 0.05) is 30.8 Å². The summed E-state index contributed by atoms with van der Waals surface area (Å²) in [7, 11) is 0. The van der Waals surface area contributed by atoms with E-state index in [0.29, 0.717) is 36.3 Å². The van der Waals surface area contributed by atoms with Crippen molar-refractivity contribution in [1.82, 2.24) is 9.78 Å². The van der Waals surface area contributed by atoms with E-state index >= 15 is 0 Å². The highest BCUT2D eigenvalue weighted by Gasteiger charge is 2.23. The molecule has 1 aliphatic heterocycles. The first kappa shape index (κ1) is 15.3. The van der Waals surface area contributed by atoms with Crippen LogP contribution in [0.25, 0.3) is 5.69 Å². The molecular weight excluding hydrogens is 309 g/mol. The van der Waals surface area contributed by atoms with Crippen molar-refractivity contribution in [2.45, 2.75) is 12.5 Å². The van der Waals surface area contributed by atoms with Crippen molar-refractivity contribution in [2.75, 3.05) is 19.8 Å². The van der Waals surface area contributed by atoms with Crippen LogP contribution >= 0.6 is 11.6 Å². The minimum atomic E-state index is -0.429. The van der Waals surface area contributed by atoms with Gasteiger partial charge in [-0.1, -0.05) is 11.6 Å². The van der Waals surface area contributed by atoms with E-state index in [9.17, 15) is 4.39 Å². The number of hydrogen-bond donors (Lipinski definition) is 1. The molecule has 2 aromatic rings. The topological polar surface area (TPSA) is 62.3 Å². The molecule has 2 atom stereocenters. The van der Waals surface area contributed by atoms with Gasteiger partial charge in [0.1, 0.15) is 11.4 Å². The van der Waals surface area contributed by atoms with Crippen LogP contribution in [-0.4, -0.2) is 35.6 Å². The first-order valence-electron chi connectivity index (χ1n) is 7.09. The van der Waals surface area contributed by atoms with Crippen molar-refractivity contribution >= 4 is 11.6 Å². The molecule has 0 radical (unpaired) electrons. The Bertz CT molecular complexity index is 649. The molecule has 1 aliphatic rings. The van der Waals surface area contributed by atoms with Crippen LogP contribution in [0, 0.1) is 11.7 Å². The van der Waals surface area contributed by atoms with Gasteiger partial charge in [-0.25, -0.2) is 9.07 Å². The fraction of sp³-hybridized carbons (Fsp3) is 0.400. The van der Waals surface area contributed by atoms with E-state index in [1.807, 2.05) is 0 Å². The minimum Gasteiger partial charge on any atom is -0.493 e. The van der Waals surface area contributed by atoms with Crippen LogP contribution in [0.1, 0.15) is 6.42 Å². The number of aromatic nitrogens is 2. The molecule has 3 rings (SSSR count). The first-order valence-corrected chi connectivity index (χ1v) is 7.47. The smallest absolute Gasteiger partial charge is 0.152 e. The number of benzene rings is 1. The summed E-state index contributed by atoms with van der Waals surface area (Å²) in [6, 6.07) is 4.69. The summed E-state index contributed by atoms with van der Waals surface area (Å²) in [6.45, 7) is 1.68. The molecule has 0 unspecified atom stereocenters. The number of ether oxygens (including phenoxy) is 2. The van der Waals surface area contributed by atoms with Crippen molar-refractivity contribution in [2.24, 2.45) is 11.7 Å². The van der Waals surface area contributed by atoms with Crippen LogP contribution in [-0.2, 0) is 4.74 Å². The highest BCUT2D eigenvalue weighted by atomic mass is 35.5. The summed E-state index contributed by atoms with van der Waals surface area (Å²) in [6.07, 6.45) is 3.82. The zero-order chi connectivity index (χ0) is 15.5. The van der Waals surface area contributed by atoms with Crippen molar-refractivity contribution in [3.63, 3.8) is 0 Å². The Morgan fingerprint density at radius 1 is 1.50 bits per heavy atom. The molecule has 2 heterocycles. The van der Waals surface area contributed by atoms with Gasteiger partial charge in [-0.3, -0.25) is 0 Å². The van der Waals surface area contributed by atoms with Crippen LogP contribution in [0.3, 0.4) is 0 Å². The SMILES string of the molecule is N[C@H]1CCOC[C@@H]1COc1ccc(-n2cc(Cl)cn2)c(F)c1. The van der Waals surface area contributed by atoms with E-state index in [0.717, 1.165) is 6.42 Å². The maximum Gasteiger partial charge on any atom is 0.152 e. The van der Waals surface area contributed by atoms with Crippen molar-refractivity contribution in [3.8, 4) is 11.4 Å². The molecule has 0 saturated carbocycles. The lowest BCUT2D eigenvalue weighted by molar-refractivity contribution is 0.0226. The second-order valence-electron chi connectivity index (χ2n) is 5.31. The van der Waals surface area contributed by atoms with E-state index in [-0.39, 0.29) is 12.0 Å². The summed E-state index contributed by atoms with van der Waals surface area (Å²) < 4.78 is 26.6. The fourth-order valence-corrected chi connectivity index (χ4v) is 2.52. The molecular formula is C15H17ClFN3O2. The molecule has 118 valence electrons. The normalized spacial score (nSPS) is 21.8. The molecule has 0 aliphatic carbocycles. The van der Waals surface area contributed by atoms with Gasteiger partial charge in [-0.05, 0) is 18.6 Å². The van der Waals surface area contributed by atoms with Crippen molar-refractivity contribution < 1.29 is 13.9 Å². The third kappa shape index (κ3) is 3.40. The molecule has 1 aromatic carbocycles. The Morgan fingerprint density at radius 3 is 3.05 bits per heavy atom. The minimum absolute atomic E-state index is 0.0593. The van der Waals surface area contributed by atoms with E-state index < -0.39 is 5.82 Å². The first-order chi connectivity index (χ1) is 10.6. The average Bonchev–Trinajstić information content (AvgIpc) is 2.93. The third-order valence-corrected chi connectivity index (χ3v) is 3.91. The summed E-state index contributed by atoms with van der Waals surface area (Å²) >= 11 is 5.79. The Labute approximate surface area is 132 Å². The van der Waals surface area contributed by atoms with Crippen LogP contribution < -0.4 is 10.5 Å². The maximum absolute atomic E-state index is 14.2. The Kier molecular flexibility index (Phi) is 4.61. The number of hydrogen-bond acceptors (Lipinski definition) is 4. The Hall–Kier alpha value is -1.63. The van der Waals surface area contributed by atoms with Gasteiger partial charge in [-0.2, -0.15) is 5.10 Å². The second kappa shape index (κ2) is 6.64. The quantitative estimate of drug-likeness (QED) is 0.937. The van der Waals surface area contributed by atoms with Crippen molar-refractivity contribution in [1.29, 1.82) is 0 Å². The molecule has 0 spiro atoms. The summed E-state index contributed by atoms with van der Waals surface area (Å²) in [4.78, 5) is 0. The zero-order valence-corrected chi connectivity index (χ0v) is 12.7. The van der Waals surface area contributed by atoms with Crippen LogP contribution in [0.4, 0.5) is 4.39 Å². The van der Waals surface area contributed by atoms with Gasteiger partial charge in [0.25, 0.3) is 0 Å². The van der Waals surface area contributed by atoms with E-state index in [4.69, 9.17) is 26.8 Å². The Morgan fingerprint density at radius 2 is 2.36 bits per heavy atom. The van der Waals surface area contributed by atoms with Gasteiger partial charge in [0.2, 0.25) is 0 Å². The summed E-state index contributed by atoms with van der Waals surface area (Å²) in [5.74, 6) is 0.153. The Balaban J connectivity index is 1.67. The molecule has 22 heavy (non-hydrogen) atoms. The van der Waals surface area contributed by atoms with E-state index in [1.165, 1.54) is 16.9 Å². The van der Waals surface area contributed by atoms with E-state index in [2.05, 4.69) is 5.10 Å². The molecule has 5 nitrogen and oxygen atoms in total. The zero-order valence-electron chi connectivity index (χ0n) is 11.9. The van der Waals surface area contributed by atoms with Gasteiger partial charge in [0.15, 0.2) is 5.82 Å². The van der Waals surface area contributed by atoms with Crippen molar-refractivity contribution in [3.05, 3.63) is 41.4 Å². The van der Waals surface area contributed by atoms with Crippen LogP contribution in [0.2, 0.25) is 5.02 Å². The number of nitrogens with two attached hydrogens (primary N) is 1. The third-order valence-electron chi connectivity index (χ3n) is 3.71. The highest BCUT2D eigenvalue weighted by Crippen LogP contribution is 2.22. The second-order valence-corrected chi connectivity index (χ2v) is 5.75. The fourth-order valence-electron chi connectivity index (χ4n) is 2.38. The number of nitrogens with zero attached hydrogens (tertiary/aromatic N) is 2. The lowest BCUT2D eigenvalue weighted by Gasteiger charge is -2.28. The predicted octanol–water partition coefficient (Wildman–Crippen LogP) is 2.41. The molecule has 0 bridgehead atoms. The predicted molar refractivity (Wildman–Crippen MR) is 80.9 cm³/mol. The van der Waals surface area contributed by atoms with Gasteiger partial charge < -0.3 is 15.2 Å². The van der Waals surface area contributed by atoms with Gasteiger partial charge in [0.05, 0.1) is 24.4 Å². The van der Waals surface area contributed by atoms with Gasteiger partial charge in [-0.15, -0.1) is 0 Å². The summed E-state index contributed by atoms with van der Waals surface area (Å²) in [5, 5.41) is 4.43. The lowest BCUT2D eigenvalue weighted by atomic mass is 9.98. The highest BCUT2D eigenvalue weighted by molar-refractivity contribution is 6.30. The average molecular weight is 326 g/mol. The number of rotatable bonds is 4. The van der Waals surface area contributed by atoms with Gasteiger partial charge >= 0.3 is 0 Å². The molecule has 7 heteroatoms. The summed E-state index contributed by atoms with van der Waals surface area (Å²) in [5.41, 5.74) is 6.33. The molecule has 1 saturated heterocycles. The molecule has 2 N–H and O–H groups in total. The van der Waals surface area contributed by atoms with E-state index in [1.54, 1.807) is 18.3 Å². The molecule has 1 fully saturated rings. The molecule has 0 amide bonds. The largest absolute Gasteiger partial charge is 0.493 e. The van der Waals surface area contributed by atoms with Crippen LogP contribution in [0.5, 0.6) is 5.75 Å². The molecule has 1 aromatic heterocycles. The lowest BCUT2D eigenvalue weighted by Crippen LogP contribution is -2.41. The number of halogens is 2. The standard InChI is InChI=1S/C15H17ClFN3O2/c16-11-6-19-20(7-11)15-2-1-12(5-13(15)17)22-9-10-8-21-4-3-14(10)18/h1-2,5-7,10,14H,3-4,8-9,18H2/t10-,14+/m1/s1.